The number of aromatic nitrogens is 2. The van der Waals surface area contributed by atoms with E-state index >= 15 is 0 Å². The molecule has 1 aromatic rings. The van der Waals surface area contributed by atoms with Crippen molar-refractivity contribution < 1.29 is 23.9 Å². The third kappa shape index (κ3) is 3.26. The summed E-state index contributed by atoms with van der Waals surface area (Å²) < 4.78 is 12.0. The first-order chi connectivity index (χ1) is 16.3. The summed E-state index contributed by atoms with van der Waals surface area (Å²) in [5.41, 5.74) is 0.116. The van der Waals surface area contributed by atoms with Gasteiger partial charge in [0.15, 0.2) is 0 Å². The van der Waals surface area contributed by atoms with Crippen LogP contribution in [-0.2, 0) is 23.9 Å². The second kappa shape index (κ2) is 7.71. The minimum atomic E-state index is -0.562. The normalized spacial score (nSPS) is 42.1. The van der Waals surface area contributed by atoms with Gasteiger partial charge in [0.2, 0.25) is 0 Å². The highest BCUT2D eigenvalue weighted by Gasteiger charge is 2.69. The molecule has 7 nitrogen and oxygen atoms in total. The Balaban J connectivity index is 1.68. The number of esters is 2. The number of hydrogen-bond donors (Lipinski definition) is 0. The maximum absolute atomic E-state index is 13.0. The Morgan fingerprint density at radius 1 is 1.06 bits per heavy atom. The molecule has 2 heterocycles. The molecule has 3 aliphatic carbocycles. The van der Waals surface area contributed by atoms with Crippen molar-refractivity contribution in [3.8, 4) is 0 Å². The number of nitrogens with zero attached hydrogens (tertiary/aromatic N) is 2. The van der Waals surface area contributed by atoms with Crippen molar-refractivity contribution in [3.05, 3.63) is 35.9 Å². The fraction of sp³-hybridized carbons (Fsp3) is 0.679. The van der Waals surface area contributed by atoms with Crippen LogP contribution in [0.1, 0.15) is 85.3 Å². The van der Waals surface area contributed by atoms with Crippen LogP contribution in [0.3, 0.4) is 0 Å². The molecule has 5 rings (SSSR count). The minimum Gasteiger partial charge on any atom is -0.462 e. The van der Waals surface area contributed by atoms with Crippen molar-refractivity contribution in [2.24, 2.45) is 33.5 Å². The molecule has 188 valence electrons. The zero-order chi connectivity index (χ0) is 25.4. The molecule has 7 heteroatoms. The number of cyclic esters (lactones) is 1. The maximum atomic E-state index is 13.0. The second-order valence-corrected chi connectivity index (χ2v) is 12.4. The molecule has 2 unspecified atom stereocenters. The zero-order valence-electron chi connectivity index (χ0n) is 21.6. The van der Waals surface area contributed by atoms with Crippen LogP contribution in [0, 0.1) is 33.5 Å². The SMILES string of the molecule is CC(=O)O[C@@H]1CC2C(C)(C)C(=O)CC[C@]2(C)C2CC[C@]3(C)C(=CC(=O)O[C@H]3c3cncnc3)[C@@]21C. The van der Waals surface area contributed by atoms with E-state index in [9.17, 15) is 14.4 Å². The van der Waals surface area contributed by atoms with E-state index in [-0.39, 0.29) is 35.0 Å². The molecule has 0 radical (unpaired) electrons. The van der Waals surface area contributed by atoms with E-state index in [0.717, 1.165) is 30.4 Å². The number of ether oxygens (including phenoxy) is 2. The summed E-state index contributed by atoms with van der Waals surface area (Å²) in [4.78, 5) is 46.7. The predicted octanol–water partition coefficient (Wildman–Crippen LogP) is 4.77. The summed E-state index contributed by atoms with van der Waals surface area (Å²) in [5.74, 6) is -0.185. The summed E-state index contributed by atoms with van der Waals surface area (Å²) in [5, 5.41) is 0. The van der Waals surface area contributed by atoms with Gasteiger partial charge in [-0.2, -0.15) is 0 Å². The largest absolute Gasteiger partial charge is 0.462 e. The van der Waals surface area contributed by atoms with Crippen molar-refractivity contribution in [1.82, 2.24) is 9.97 Å². The average Bonchev–Trinajstić information content (AvgIpc) is 2.79. The molecule has 3 fully saturated rings. The highest BCUT2D eigenvalue weighted by atomic mass is 16.5. The van der Waals surface area contributed by atoms with Gasteiger partial charge >= 0.3 is 11.9 Å². The van der Waals surface area contributed by atoms with Crippen LogP contribution < -0.4 is 0 Å². The molecule has 0 bridgehead atoms. The molecule has 35 heavy (non-hydrogen) atoms. The molecular weight excluding hydrogens is 444 g/mol. The van der Waals surface area contributed by atoms with Crippen LogP contribution in [0.25, 0.3) is 0 Å². The smallest absolute Gasteiger partial charge is 0.331 e. The quantitative estimate of drug-likeness (QED) is 0.563. The van der Waals surface area contributed by atoms with E-state index in [1.54, 1.807) is 18.5 Å². The lowest BCUT2D eigenvalue weighted by atomic mass is 9.37. The Hall–Kier alpha value is -2.57. The molecule has 4 aliphatic rings. The van der Waals surface area contributed by atoms with Gasteiger partial charge in [0.25, 0.3) is 0 Å². The monoisotopic (exact) mass is 480 g/mol. The summed E-state index contributed by atoms with van der Waals surface area (Å²) in [6.45, 7) is 12.2. The van der Waals surface area contributed by atoms with Crippen LogP contribution in [0.5, 0.6) is 0 Å². The van der Waals surface area contributed by atoms with Gasteiger partial charge in [0.1, 0.15) is 24.3 Å². The van der Waals surface area contributed by atoms with Crippen LogP contribution >= 0.6 is 0 Å². The Morgan fingerprint density at radius 2 is 1.74 bits per heavy atom. The van der Waals surface area contributed by atoms with Crippen molar-refractivity contribution >= 4 is 17.7 Å². The first-order valence-corrected chi connectivity index (χ1v) is 12.7. The standard InChI is InChI=1S/C28H36N2O5/c1-16(31)34-22-11-19-25(2,3)21(32)8-10-26(19,4)18-7-9-27(5)20(28(18,22)6)12-23(33)35-24(27)17-13-29-15-30-14-17/h12-15,18-19,22,24H,7-11H2,1-6H3/t18?,19?,22-,24+,26-,27-,28-/m1/s1. The fourth-order valence-electron chi connectivity index (χ4n) is 8.68. The Kier molecular flexibility index (Phi) is 5.32. The molecule has 0 amide bonds. The summed E-state index contributed by atoms with van der Waals surface area (Å²) in [7, 11) is 0. The summed E-state index contributed by atoms with van der Waals surface area (Å²) >= 11 is 0. The topological polar surface area (TPSA) is 95.5 Å². The Morgan fingerprint density at radius 3 is 2.40 bits per heavy atom. The van der Waals surface area contributed by atoms with Gasteiger partial charge in [-0.3, -0.25) is 9.59 Å². The predicted molar refractivity (Wildman–Crippen MR) is 128 cm³/mol. The van der Waals surface area contributed by atoms with Gasteiger partial charge in [0, 0.05) is 53.6 Å². The molecule has 1 aromatic heterocycles. The number of ketones is 1. The molecule has 0 saturated heterocycles. The average molecular weight is 481 g/mol. The van der Waals surface area contributed by atoms with Crippen LogP contribution in [0.15, 0.2) is 30.4 Å². The molecule has 3 saturated carbocycles. The van der Waals surface area contributed by atoms with Crippen LogP contribution in [-0.4, -0.2) is 33.8 Å². The van der Waals surface area contributed by atoms with Gasteiger partial charge in [0.05, 0.1) is 0 Å². The number of Topliss-reactive ketones (excluding diaryl/α,β-unsaturated/α-hetero) is 1. The minimum absolute atomic E-state index is 0.0949. The highest BCUT2D eigenvalue weighted by molar-refractivity contribution is 5.86. The van der Waals surface area contributed by atoms with Crippen molar-refractivity contribution in [2.45, 2.75) is 85.9 Å². The summed E-state index contributed by atoms with van der Waals surface area (Å²) in [6, 6.07) is 0. The van der Waals surface area contributed by atoms with Gasteiger partial charge in [-0.15, -0.1) is 0 Å². The number of carbonyl (C=O) groups excluding carboxylic acids is 3. The number of carbonyl (C=O) groups is 3. The van der Waals surface area contributed by atoms with Crippen LogP contribution in [0.2, 0.25) is 0 Å². The van der Waals surface area contributed by atoms with Gasteiger partial charge in [-0.25, -0.2) is 14.8 Å². The summed E-state index contributed by atoms with van der Waals surface area (Å²) in [6.07, 6.45) is 9.29. The lowest BCUT2D eigenvalue weighted by Crippen LogP contribution is -2.66. The molecular formula is C28H36N2O5. The van der Waals surface area contributed by atoms with Gasteiger partial charge in [-0.05, 0) is 48.5 Å². The number of hydrogen-bond acceptors (Lipinski definition) is 7. The first kappa shape index (κ1) is 24.1. The number of fused-ring (bicyclic) bond motifs is 5. The second-order valence-electron chi connectivity index (χ2n) is 12.4. The van der Waals surface area contributed by atoms with E-state index in [1.165, 1.54) is 13.3 Å². The van der Waals surface area contributed by atoms with Crippen molar-refractivity contribution in [2.75, 3.05) is 0 Å². The lowest BCUT2D eigenvalue weighted by molar-refractivity contribution is -0.210. The van der Waals surface area contributed by atoms with Gasteiger partial charge < -0.3 is 9.47 Å². The first-order valence-electron chi connectivity index (χ1n) is 12.7. The fourth-order valence-corrected chi connectivity index (χ4v) is 8.68. The Bertz CT molecular complexity index is 1110. The third-order valence-corrected chi connectivity index (χ3v) is 10.3. The molecule has 1 aliphatic heterocycles. The van der Waals surface area contributed by atoms with E-state index in [4.69, 9.17) is 9.47 Å². The molecule has 0 aromatic carbocycles. The third-order valence-electron chi connectivity index (χ3n) is 10.3. The van der Waals surface area contributed by atoms with E-state index in [2.05, 4.69) is 44.6 Å². The highest BCUT2D eigenvalue weighted by Crippen LogP contribution is 2.72. The molecule has 7 atom stereocenters. The maximum Gasteiger partial charge on any atom is 0.331 e. The van der Waals surface area contributed by atoms with Crippen molar-refractivity contribution in [1.29, 1.82) is 0 Å². The van der Waals surface area contributed by atoms with E-state index in [1.807, 2.05) is 0 Å². The van der Waals surface area contributed by atoms with Gasteiger partial charge in [-0.1, -0.05) is 34.6 Å². The number of rotatable bonds is 2. The molecule has 0 spiro atoms. The molecule has 0 N–H and O–H groups in total. The zero-order valence-corrected chi connectivity index (χ0v) is 21.6. The van der Waals surface area contributed by atoms with E-state index < -0.39 is 28.5 Å². The lowest BCUT2D eigenvalue weighted by Gasteiger charge is -2.68. The Labute approximate surface area is 207 Å². The van der Waals surface area contributed by atoms with Crippen LogP contribution in [0.4, 0.5) is 0 Å². The van der Waals surface area contributed by atoms with E-state index in [0.29, 0.717) is 12.8 Å². The van der Waals surface area contributed by atoms with Crippen molar-refractivity contribution in [3.63, 3.8) is 0 Å².